The minimum Gasteiger partial charge on any atom is -0.352 e. The summed E-state index contributed by atoms with van der Waals surface area (Å²) in [5.74, 6) is -0.477. The van der Waals surface area contributed by atoms with Crippen LogP contribution in [0.2, 0.25) is 0 Å². The summed E-state index contributed by atoms with van der Waals surface area (Å²) in [6.07, 6.45) is -6.70. The molecule has 1 amide bonds. The van der Waals surface area contributed by atoms with Crippen LogP contribution in [0.1, 0.15) is 19.3 Å². The number of carbonyl (C=O) groups is 1. The van der Waals surface area contributed by atoms with Crippen molar-refractivity contribution in [1.82, 2.24) is 5.32 Å². The topological polar surface area (TPSA) is 29.1 Å². The average molecular weight is 339 g/mol. The van der Waals surface area contributed by atoms with Gasteiger partial charge in [0, 0.05) is 18.5 Å². The van der Waals surface area contributed by atoms with Gasteiger partial charge in [-0.2, -0.15) is 26.3 Å². The fourth-order valence-corrected chi connectivity index (χ4v) is 1.82. The Hall–Kier alpha value is -1.99. The van der Waals surface area contributed by atoms with E-state index in [-0.39, 0.29) is 12.0 Å². The molecule has 0 radical (unpaired) electrons. The largest absolute Gasteiger partial charge is 0.416 e. The molecule has 0 saturated carbocycles. The lowest BCUT2D eigenvalue weighted by molar-refractivity contribution is -0.120. The molecule has 0 heterocycles. The third kappa shape index (κ3) is 6.33. The molecular formula is C15H15F6NO. The van der Waals surface area contributed by atoms with Crippen molar-refractivity contribution in [3.63, 3.8) is 0 Å². The molecule has 0 unspecified atom stereocenters. The van der Waals surface area contributed by atoms with Gasteiger partial charge in [0.1, 0.15) is 0 Å². The summed E-state index contributed by atoms with van der Waals surface area (Å²) in [4.78, 5) is 11.4. The highest BCUT2D eigenvalue weighted by Crippen LogP contribution is 2.35. The Morgan fingerprint density at radius 1 is 1.17 bits per heavy atom. The smallest absolute Gasteiger partial charge is 0.352 e. The fraction of sp³-hybridized carbons (Fsp3) is 0.400. The van der Waals surface area contributed by atoms with E-state index in [1.54, 1.807) is 0 Å². The zero-order valence-electron chi connectivity index (χ0n) is 12.0. The van der Waals surface area contributed by atoms with E-state index < -0.39 is 42.4 Å². The van der Waals surface area contributed by atoms with Crippen molar-refractivity contribution in [1.29, 1.82) is 0 Å². The quantitative estimate of drug-likeness (QED) is 0.585. The molecule has 0 aromatic rings. The van der Waals surface area contributed by atoms with Gasteiger partial charge < -0.3 is 5.32 Å². The first-order valence-corrected chi connectivity index (χ1v) is 6.67. The predicted octanol–water partition coefficient (Wildman–Crippen LogP) is 4.38. The lowest BCUT2D eigenvalue weighted by atomic mass is 10.1. The lowest BCUT2D eigenvalue weighted by Crippen LogP contribution is -2.25. The van der Waals surface area contributed by atoms with Crippen molar-refractivity contribution in [2.24, 2.45) is 0 Å². The highest BCUT2D eigenvalue weighted by atomic mass is 19.4. The Balaban J connectivity index is 2.97. The maximum atomic E-state index is 12.8. The van der Waals surface area contributed by atoms with Gasteiger partial charge in [-0.05, 0) is 30.6 Å². The molecule has 0 spiro atoms. The van der Waals surface area contributed by atoms with Gasteiger partial charge in [0.2, 0.25) is 5.91 Å². The van der Waals surface area contributed by atoms with Crippen LogP contribution >= 0.6 is 0 Å². The van der Waals surface area contributed by atoms with E-state index in [4.69, 9.17) is 0 Å². The number of allylic oxidation sites excluding steroid dienone is 5. The number of carbonyl (C=O) groups excluding carboxylic acids is 1. The molecule has 0 atom stereocenters. The first kappa shape index (κ1) is 19.1. The van der Waals surface area contributed by atoms with Gasteiger partial charge in [-0.1, -0.05) is 12.2 Å². The van der Waals surface area contributed by atoms with Crippen LogP contribution in [0.3, 0.4) is 0 Å². The number of alkyl halides is 6. The van der Waals surface area contributed by atoms with Gasteiger partial charge in [-0.3, -0.25) is 4.79 Å². The standard InChI is InChI=1S/C15H15F6NO/c1-2-3-4-13(23)22-9-10-7-11(14(16,17)18)5-6-12(8-10)15(19,20)21/h2,5,7-8H,1,3-4,6,9H2,(H,22,23). The number of hydrogen-bond donors (Lipinski definition) is 1. The number of nitrogens with one attached hydrogen (secondary N) is 1. The van der Waals surface area contributed by atoms with Gasteiger partial charge in [0.05, 0.1) is 5.57 Å². The number of halogens is 6. The van der Waals surface area contributed by atoms with Gasteiger partial charge in [0.25, 0.3) is 0 Å². The van der Waals surface area contributed by atoms with E-state index in [1.165, 1.54) is 6.08 Å². The van der Waals surface area contributed by atoms with Crippen LogP contribution in [-0.2, 0) is 4.79 Å². The molecule has 0 bridgehead atoms. The molecule has 0 fully saturated rings. The van der Waals surface area contributed by atoms with Crippen LogP contribution in [0.25, 0.3) is 0 Å². The Bertz CT molecular complexity index is 551. The van der Waals surface area contributed by atoms with E-state index in [9.17, 15) is 31.1 Å². The average Bonchev–Trinajstić information content (AvgIpc) is 2.64. The maximum absolute atomic E-state index is 12.8. The van der Waals surface area contributed by atoms with Gasteiger partial charge in [0.15, 0.2) is 0 Å². The highest BCUT2D eigenvalue weighted by Gasteiger charge is 2.37. The first-order chi connectivity index (χ1) is 10.5. The van der Waals surface area contributed by atoms with E-state index in [0.29, 0.717) is 24.6 Å². The predicted molar refractivity (Wildman–Crippen MR) is 73.4 cm³/mol. The third-order valence-corrected chi connectivity index (χ3v) is 3.00. The SMILES string of the molecule is C=CCCC(=O)NCC1=CC(C(F)(F)F)=CCC(C(F)(F)F)=C1. The van der Waals surface area contributed by atoms with Crippen LogP contribution in [0.5, 0.6) is 0 Å². The second kappa shape index (κ2) is 7.52. The monoisotopic (exact) mass is 339 g/mol. The van der Waals surface area contributed by atoms with Gasteiger partial charge >= 0.3 is 12.4 Å². The molecule has 1 aliphatic rings. The molecule has 0 aromatic carbocycles. The normalized spacial score (nSPS) is 16.0. The summed E-state index contributed by atoms with van der Waals surface area (Å²) in [6.45, 7) is 3.00. The summed E-state index contributed by atoms with van der Waals surface area (Å²) in [5, 5.41) is 2.30. The van der Waals surface area contributed by atoms with Crippen LogP contribution in [-0.4, -0.2) is 24.8 Å². The van der Waals surface area contributed by atoms with Gasteiger partial charge in [-0.25, -0.2) is 0 Å². The second-order valence-corrected chi connectivity index (χ2v) is 4.85. The zero-order valence-corrected chi connectivity index (χ0v) is 12.0. The van der Waals surface area contributed by atoms with Crippen LogP contribution in [0, 0.1) is 0 Å². The number of rotatable bonds is 5. The first-order valence-electron chi connectivity index (χ1n) is 6.67. The summed E-state index contributed by atoms with van der Waals surface area (Å²) in [6, 6.07) is 0. The van der Waals surface area contributed by atoms with Crippen molar-refractivity contribution in [3.8, 4) is 0 Å². The number of hydrogen-bond acceptors (Lipinski definition) is 1. The summed E-state index contributed by atoms with van der Waals surface area (Å²) in [5.41, 5.74) is -2.52. The van der Waals surface area contributed by atoms with Crippen LogP contribution in [0.4, 0.5) is 26.3 Å². The Kier molecular flexibility index (Phi) is 6.23. The minimum absolute atomic E-state index is 0.0641. The van der Waals surface area contributed by atoms with Crippen molar-refractivity contribution in [3.05, 3.63) is 47.6 Å². The lowest BCUT2D eigenvalue weighted by Gasteiger charge is -2.10. The van der Waals surface area contributed by atoms with Crippen LogP contribution < -0.4 is 5.32 Å². The Morgan fingerprint density at radius 2 is 1.83 bits per heavy atom. The molecule has 1 aliphatic carbocycles. The molecule has 0 saturated heterocycles. The van der Waals surface area contributed by atoms with Crippen molar-refractivity contribution < 1.29 is 31.1 Å². The van der Waals surface area contributed by atoms with Gasteiger partial charge in [-0.15, -0.1) is 6.58 Å². The molecule has 2 nitrogen and oxygen atoms in total. The summed E-state index contributed by atoms with van der Waals surface area (Å²) >= 11 is 0. The molecule has 23 heavy (non-hydrogen) atoms. The maximum Gasteiger partial charge on any atom is 0.416 e. The molecular weight excluding hydrogens is 324 g/mol. The minimum atomic E-state index is -4.76. The summed E-state index contributed by atoms with van der Waals surface area (Å²) in [7, 11) is 0. The molecule has 0 aliphatic heterocycles. The van der Waals surface area contributed by atoms with Crippen molar-refractivity contribution in [2.75, 3.05) is 6.54 Å². The molecule has 128 valence electrons. The summed E-state index contributed by atoms with van der Waals surface area (Å²) < 4.78 is 76.6. The Labute approximate surface area is 129 Å². The molecule has 1 rings (SSSR count). The van der Waals surface area contributed by atoms with E-state index in [1.807, 2.05) is 0 Å². The van der Waals surface area contributed by atoms with E-state index in [0.717, 1.165) is 0 Å². The van der Waals surface area contributed by atoms with Crippen molar-refractivity contribution >= 4 is 5.91 Å². The fourth-order valence-electron chi connectivity index (χ4n) is 1.82. The zero-order chi connectivity index (χ0) is 17.7. The van der Waals surface area contributed by atoms with E-state index in [2.05, 4.69) is 11.9 Å². The number of amides is 1. The Morgan fingerprint density at radius 3 is 2.35 bits per heavy atom. The van der Waals surface area contributed by atoms with Crippen LogP contribution in [0.15, 0.2) is 47.6 Å². The molecule has 8 heteroatoms. The third-order valence-electron chi connectivity index (χ3n) is 3.00. The van der Waals surface area contributed by atoms with E-state index >= 15 is 0 Å². The highest BCUT2D eigenvalue weighted by molar-refractivity contribution is 5.76. The van der Waals surface area contributed by atoms with Crippen molar-refractivity contribution in [2.45, 2.75) is 31.6 Å². The molecule has 0 aromatic heterocycles. The second-order valence-electron chi connectivity index (χ2n) is 4.85. The molecule has 1 N–H and O–H groups in total.